The van der Waals surface area contributed by atoms with E-state index in [-0.39, 0.29) is 11.3 Å². The van der Waals surface area contributed by atoms with Gasteiger partial charge < -0.3 is 14.8 Å². The standard InChI is InChI=1S/C24H21F3N6O/c1-32-20(11-17(12-21(32)24(25,26)27)16-5-3-9-28-13-16)23(34)30-18-6-2-4-15(10-18)22-31-29-14-33(22)19-7-8-19/h2-6,9-14,19,21H,7-8H2,1H3,(H,30,34). The normalized spacial score (nSPS) is 18.4. The molecule has 34 heavy (non-hydrogen) atoms. The number of benzene rings is 1. The molecule has 3 aromatic rings. The van der Waals surface area contributed by atoms with Crippen molar-refractivity contribution in [2.24, 2.45) is 0 Å². The van der Waals surface area contributed by atoms with Crippen LogP contribution in [0.15, 0.2) is 73.0 Å². The molecule has 0 spiro atoms. The Morgan fingerprint density at radius 3 is 2.65 bits per heavy atom. The first-order valence-electron chi connectivity index (χ1n) is 10.8. The molecular weight excluding hydrogens is 445 g/mol. The Hall–Kier alpha value is -3.95. The number of halogens is 3. The zero-order valence-corrected chi connectivity index (χ0v) is 18.2. The number of likely N-dealkylation sites (N-methyl/N-ethyl adjacent to an activating group) is 1. The third-order valence-electron chi connectivity index (χ3n) is 5.88. The highest BCUT2D eigenvalue weighted by molar-refractivity contribution is 6.05. The van der Waals surface area contributed by atoms with Crippen molar-refractivity contribution in [3.63, 3.8) is 0 Å². The van der Waals surface area contributed by atoms with Crippen molar-refractivity contribution >= 4 is 17.2 Å². The van der Waals surface area contributed by atoms with Crippen molar-refractivity contribution in [3.05, 3.63) is 78.5 Å². The van der Waals surface area contributed by atoms with E-state index in [2.05, 4.69) is 20.5 Å². The monoisotopic (exact) mass is 466 g/mol. The highest BCUT2D eigenvalue weighted by atomic mass is 19.4. The molecule has 0 radical (unpaired) electrons. The number of alkyl halides is 3. The molecule has 1 aliphatic heterocycles. The number of rotatable bonds is 5. The maximum atomic E-state index is 13.8. The lowest BCUT2D eigenvalue weighted by Gasteiger charge is -2.34. The minimum Gasteiger partial charge on any atom is -0.355 e. The van der Waals surface area contributed by atoms with Crippen molar-refractivity contribution in [3.8, 4) is 11.4 Å². The molecule has 1 amide bonds. The summed E-state index contributed by atoms with van der Waals surface area (Å²) in [7, 11) is 1.26. The van der Waals surface area contributed by atoms with Crippen LogP contribution in [0.4, 0.5) is 18.9 Å². The number of carbonyl (C=O) groups excluding carboxylic acids is 1. The molecule has 174 valence electrons. The quantitative estimate of drug-likeness (QED) is 0.601. The molecule has 1 aliphatic carbocycles. The molecule has 5 rings (SSSR count). The number of amides is 1. The number of nitrogens with one attached hydrogen (secondary N) is 1. The van der Waals surface area contributed by atoms with Crippen LogP contribution in [0.5, 0.6) is 0 Å². The first-order valence-corrected chi connectivity index (χ1v) is 10.8. The summed E-state index contributed by atoms with van der Waals surface area (Å²) >= 11 is 0. The summed E-state index contributed by atoms with van der Waals surface area (Å²) in [5, 5.41) is 10.9. The highest BCUT2D eigenvalue weighted by Crippen LogP contribution is 2.38. The molecule has 1 saturated carbocycles. The Kier molecular flexibility index (Phi) is 5.43. The molecule has 1 unspecified atom stereocenters. The highest BCUT2D eigenvalue weighted by Gasteiger charge is 2.44. The van der Waals surface area contributed by atoms with Gasteiger partial charge in [-0.25, -0.2) is 0 Å². The van der Waals surface area contributed by atoms with E-state index in [1.165, 1.54) is 25.5 Å². The van der Waals surface area contributed by atoms with Crippen LogP contribution >= 0.6 is 0 Å². The lowest BCUT2D eigenvalue weighted by atomic mass is 9.98. The first kappa shape index (κ1) is 21.9. The molecule has 10 heteroatoms. The summed E-state index contributed by atoms with van der Waals surface area (Å²) < 4.78 is 43.4. The van der Waals surface area contributed by atoms with Crippen molar-refractivity contribution in [2.75, 3.05) is 12.4 Å². The minimum atomic E-state index is -4.56. The average Bonchev–Trinajstić information content (AvgIpc) is 3.55. The van der Waals surface area contributed by atoms with Gasteiger partial charge in [0, 0.05) is 36.7 Å². The molecule has 2 aliphatic rings. The number of hydrogen-bond acceptors (Lipinski definition) is 5. The fraction of sp³-hybridized carbons (Fsp3) is 0.250. The second-order valence-corrected chi connectivity index (χ2v) is 8.32. The first-order chi connectivity index (χ1) is 16.3. The predicted molar refractivity (Wildman–Crippen MR) is 120 cm³/mol. The van der Waals surface area contributed by atoms with E-state index >= 15 is 0 Å². The van der Waals surface area contributed by atoms with Gasteiger partial charge in [0.25, 0.3) is 5.91 Å². The smallest absolute Gasteiger partial charge is 0.355 e. The largest absolute Gasteiger partial charge is 0.412 e. The molecule has 0 saturated heterocycles. The van der Waals surface area contributed by atoms with E-state index < -0.39 is 18.1 Å². The van der Waals surface area contributed by atoms with E-state index in [0.717, 1.165) is 29.4 Å². The van der Waals surface area contributed by atoms with Gasteiger partial charge in [-0.3, -0.25) is 9.78 Å². The van der Waals surface area contributed by atoms with Gasteiger partial charge in [0.15, 0.2) is 5.82 Å². The zero-order chi connectivity index (χ0) is 23.9. The number of nitrogens with zero attached hydrogens (tertiary/aromatic N) is 5. The van der Waals surface area contributed by atoms with E-state index in [0.29, 0.717) is 23.1 Å². The Labute approximate surface area is 193 Å². The maximum Gasteiger partial charge on any atom is 0.412 e. The molecule has 1 fully saturated rings. The number of allylic oxidation sites excluding steroid dienone is 2. The topological polar surface area (TPSA) is 75.9 Å². The molecular formula is C24H21F3N6O. The molecule has 3 heterocycles. The van der Waals surface area contributed by atoms with E-state index in [4.69, 9.17) is 0 Å². The lowest BCUT2D eigenvalue weighted by molar-refractivity contribution is -0.163. The van der Waals surface area contributed by atoms with E-state index in [9.17, 15) is 18.0 Å². The Bertz CT molecular complexity index is 1280. The van der Waals surface area contributed by atoms with Crippen molar-refractivity contribution in [1.82, 2.24) is 24.6 Å². The summed E-state index contributed by atoms with van der Waals surface area (Å²) in [4.78, 5) is 18.1. The van der Waals surface area contributed by atoms with Crippen LogP contribution in [0.2, 0.25) is 0 Å². The molecule has 0 bridgehead atoms. The van der Waals surface area contributed by atoms with Crippen LogP contribution in [0, 0.1) is 0 Å². The van der Waals surface area contributed by atoms with Gasteiger partial charge in [0.05, 0.1) is 0 Å². The van der Waals surface area contributed by atoms with Gasteiger partial charge in [0.1, 0.15) is 18.1 Å². The van der Waals surface area contributed by atoms with Crippen LogP contribution in [0.3, 0.4) is 0 Å². The summed E-state index contributed by atoms with van der Waals surface area (Å²) in [5.41, 5.74) is 1.89. The average molecular weight is 466 g/mol. The zero-order valence-electron chi connectivity index (χ0n) is 18.2. The van der Waals surface area contributed by atoms with Gasteiger partial charge in [-0.2, -0.15) is 13.2 Å². The third-order valence-corrected chi connectivity index (χ3v) is 5.88. The Morgan fingerprint density at radius 1 is 1.15 bits per heavy atom. The summed E-state index contributed by atoms with van der Waals surface area (Å²) in [6.07, 6.45) is 4.80. The van der Waals surface area contributed by atoms with E-state index in [1.807, 2.05) is 10.6 Å². The number of hydrogen-bond donors (Lipinski definition) is 1. The van der Waals surface area contributed by atoms with Gasteiger partial charge in [-0.1, -0.05) is 18.2 Å². The van der Waals surface area contributed by atoms with Crippen molar-refractivity contribution in [1.29, 1.82) is 0 Å². The van der Waals surface area contributed by atoms with Crippen molar-refractivity contribution < 1.29 is 18.0 Å². The molecule has 2 aromatic heterocycles. The van der Waals surface area contributed by atoms with Crippen LogP contribution in [0.25, 0.3) is 17.0 Å². The fourth-order valence-electron chi connectivity index (χ4n) is 3.98. The molecule has 7 nitrogen and oxygen atoms in total. The second-order valence-electron chi connectivity index (χ2n) is 8.32. The number of pyridine rings is 1. The summed E-state index contributed by atoms with van der Waals surface area (Å²) in [6.45, 7) is 0. The Balaban J connectivity index is 1.44. The van der Waals surface area contributed by atoms with Gasteiger partial charge in [-0.15, -0.1) is 10.2 Å². The summed E-state index contributed by atoms with van der Waals surface area (Å²) in [6, 6.07) is 8.76. The molecule has 1 atom stereocenters. The number of carbonyl (C=O) groups is 1. The molecule has 1 aromatic carbocycles. The minimum absolute atomic E-state index is 0.102. The Morgan fingerprint density at radius 2 is 1.94 bits per heavy atom. The number of aromatic nitrogens is 4. The van der Waals surface area contributed by atoms with Crippen molar-refractivity contribution in [2.45, 2.75) is 31.1 Å². The van der Waals surface area contributed by atoms with E-state index in [1.54, 1.807) is 36.7 Å². The van der Waals surface area contributed by atoms with Gasteiger partial charge >= 0.3 is 6.18 Å². The van der Waals surface area contributed by atoms with Crippen LogP contribution < -0.4 is 5.32 Å². The van der Waals surface area contributed by atoms with Crippen LogP contribution in [0.1, 0.15) is 24.4 Å². The maximum absolute atomic E-state index is 13.8. The summed E-state index contributed by atoms with van der Waals surface area (Å²) in [5.74, 6) is 0.0404. The van der Waals surface area contributed by atoms with Crippen LogP contribution in [-0.2, 0) is 4.79 Å². The fourth-order valence-corrected chi connectivity index (χ4v) is 3.98. The van der Waals surface area contributed by atoms with Gasteiger partial charge in [0.2, 0.25) is 0 Å². The lowest BCUT2D eigenvalue weighted by Crippen LogP contribution is -2.45. The van der Waals surface area contributed by atoms with Gasteiger partial charge in [-0.05, 0) is 54.3 Å². The number of anilines is 1. The van der Waals surface area contributed by atoms with Crippen LogP contribution in [-0.4, -0.2) is 49.8 Å². The molecule has 1 N–H and O–H groups in total. The SMILES string of the molecule is CN1C(C(=O)Nc2cccc(-c3nncn3C3CC3)c2)=CC(c2cccnc2)=CC1C(F)(F)F. The predicted octanol–water partition coefficient (Wildman–Crippen LogP) is 4.46. The second kappa shape index (κ2) is 8.44. The third kappa shape index (κ3) is 4.30.